The number of hydrazone groups is 2. The number of nitrogens with zero attached hydrogens (tertiary/aromatic N) is 6. The average molecular weight is 879 g/mol. The van der Waals surface area contributed by atoms with E-state index < -0.39 is 88.8 Å². The molecule has 330 valence electrons. The van der Waals surface area contributed by atoms with Crippen molar-refractivity contribution in [1.82, 2.24) is 0 Å². The molecular formula is C42H38N8O14. The van der Waals surface area contributed by atoms with Gasteiger partial charge in [0.25, 0.3) is 11.4 Å². The van der Waals surface area contributed by atoms with Crippen molar-refractivity contribution in [2.75, 3.05) is 10.9 Å². The van der Waals surface area contributed by atoms with Crippen LogP contribution in [0.15, 0.2) is 58.7 Å². The number of nitro groups is 4. The second-order valence-corrected chi connectivity index (χ2v) is 15.2. The van der Waals surface area contributed by atoms with Gasteiger partial charge in [0.2, 0.25) is 0 Å². The summed E-state index contributed by atoms with van der Waals surface area (Å²) in [5.74, 6) is -4.59. The number of hydrogen-bond donors (Lipinski definition) is 8. The maximum Gasteiger partial charge on any atom is 0.301 e. The number of phenolic OH excluding ortho intramolecular Hbond substituents is 6. The third-order valence-corrected chi connectivity index (χ3v) is 10.5. The van der Waals surface area contributed by atoms with E-state index in [1.165, 1.54) is 0 Å². The van der Waals surface area contributed by atoms with Crippen molar-refractivity contribution in [2.24, 2.45) is 10.2 Å². The van der Waals surface area contributed by atoms with Gasteiger partial charge in [-0.1, -0.05) is 39.8 Å². The molecule has 22 heteroatoms. The van der Waals surface area contributed by atoms with Gasteiger partial charge in [-0.3, -0.25) is 51.3 Å². The van der Waals surface area contributed by atoms with Crippen molar-refractivity contribution < 1.29 is 50.3 Å². The van der Waals surface area contributed by atoms with Crippen LogP contribution in [-0.4, -0.2) is 62.8 Å². The molecule has 0 spiro atoms. The van der Waals surface area contributed by atoms with Gasteiger partial charge in [-0.15, -0.1) is 0 Å². The largest absolute Gasteiger partial charge is 0.507 e. The minimum atomic E-state index is -0.871. The summed E-state index contributed by atoms with van der Waals surface area (Å²) in [5, 5.41) is 125. The molecule has 0 aliphatic heterocycles. The van der Waals surface area contributed by atoms with Crippen molar-refractivity contribution in [2.45, 2.75) is 53.4 Å². The third kappa shape index (κ3) is 7.69. The van der Waals surface area contributed by atoms with Crippen molar-refractivity contribution in [3.8, 4) is 45.6 Å². The Morgan fingerprint density at radius 2 is 0.859 bits per heavy atom. The number of non-ortho nitro benzene ring substituents is 2. The Balaban J connectivity index is 1.61. The lowest BCUT2D eigenvalue weighted by molar-refractivity contribution is -0.393. The predicted octanol–water partition coefficient (Wildman–Crippen LogP) is 9.28. The molecule has 6 aromatic carbocycles. The number of nitro benzene ring substituents is 4. The summed E-state index contributed by atoms with van der Waals surface area (Å²) in [6.07, 6.45) is 1.93. The van der Waals surface area contributed by atoms with Gasteiger partial charge >= 0.3 is 11.4 Å². The maximum atomic E-state index is 12.4. The van der Waals surface area contributed by atoms with Gasteiger partial charge in [0, 0.05) is 45.2 Å². The summed E-state index contributed by atoms with van der Waals surface area (Å²) in [5.41, 5.74) is 2.32. The highest BCUT2D eigenvalue weighted by Gasteiger charge is 2.30. The molecule has 0 heterocycles. The minimum absolute atomic E-state index is 0.000933. The van der Waals surface area contributed by atoms with Gasteiger partial charge in [-0.2, -0.15) is 10.2 Å². The number of aryl methyl sites for hydroxylation is 2. The molecule has 6 rings (SSSR count). The molecule has 0 unspecified atom stereocenters. The fourth-order valence-electron chi connectivity index (χ4n) is 7.72. The molecule has 0 saturated heterocycles. The van der Waals surface area contributed by atoms with Gasteiger partial charge in [-0.25, -0.2) is 0 Å². The van der Waals surface area contributed by atoms with E-state index in [9.17, 15) is 71.1 Å². The van der Waals surface area contributed by atoms with Crippen LogP contribution in [0.4, 0.5) is 34.1 Å². The highest BCUT2D eigenvalue weighted by Crippen LogP contribution is 2.54. The summed E-state index contributed by atoms with van der Waals surface area (Å²) >= 11 is 0. The molecule has 8 N–H and O–H groups in total. The van der Waals surface area contributed by atoms with Crippen LogP contribution in [0.1, 0.15) is 72.9 Å². The summed E-state index contributed by atoms with van der Waals surface area (Å²) in [4.78, 5) is 42.7. The zero-order chi connectivity index (χ0) is 47.2. The summed E-state index contributed by atoms with van der Waals surface area (Å²) in [7, 11) is 0. The number of fused-ring (bicyclic) bond motifs is 2. The smallest absolute Gasteiger partial charge is 0.301 e. The number of benzene rings is 6. The molecule has 0 fully saturated rings. The first kappa shape index (κ1) is 44.7. The molecule has 0 bridgehead atoms. The lowest BCUT2D eigenvalue weighted by Crippen LogP contribution is -2.02. The number of phenols is 6. The zero-order valence-corrected chi connectivity index (χ0v) is 34.6. The summed E-state index contributed by atoms with van der Waals surface area (Å²) in [6.45, 7) is 10.1. The predicted molar refractivity (Wildman–Crippen MR) is 236 cm³/mol. The van der Waals surface area contributed by atoms with Crippen LogP contribution >= 0.6 is 0 Å². The van der Waals surface area contributed by atoms with E-state index in [-0.39, 0.29) is 66.3 Å². The van der Waals surface area contributed by atoms with Gasteiger partial charge in [0.1, 0.15) is 22.9 Å². The quantitative estimate of drug-likeness (QED) is 0.0232. The molecule has 0 radical (unpaired) electrons. The monoisotopic (exact) mass is 878 g/mol. The number of nitrogens with one attached hydrogen (secondary N) is 2. The molecule has 0 aliphatic rings. The molecule has 0 aromatic heterocycles. The van der Waals surface area contributed by atoms with Crippen molar-refractivity contribution in [3.05, 3.63) is 122 Å². The molecule has 0 saturated carbocycles. The minimum Gasteiger partial charge on any atom is -0.507 e. The van der Waals surface area contributed by atoms with Crippen LogP contribution in [0.2, 0.25) is 0 Å². The SMILES string of the molecule is Cc1cc2c(C(C)C)c(O)c(O)c(/C=N/Nc3ccc([N+](=O)[O-])cc3[N+](=O)[O-])c2c(O)c1-c1c(C)cc2c(C(C)C)c(O)c(O)c(/C=N/Nc3ccc([N+](=O)[O-])cc3[N+](=O)[O-])c2c1O. The van der Waals surface area contributed by atoms with Gasteiger partial charge in [0.05, 0.1) is 55.4 Å². The van der Waals surface area contributed by atoms with Crippen molar-refractivity contribution >= 4 is 68.1 Å². The fraction of sp³-hybridized carbons (Fsp3) is 0.190. The summed E-state index contributed by atoms with van der Waals surface area (Å²) < 4.78 is 0. The highest BCUT2D eigenvalue weighted by molar-refractivity contribution is 6.15. The van der Waals surface area contributed by atoms with Crippen molar-refractivity contribution in [3.63, 3.8) is 0 Å². The van der Waals surface area contributed by atoms with Gasteiger partial charge in [0.15, 0.2) is 23.0 Å². The molecule has 0 atom stereocenters. The topological polar surface area (TPSA) is 343 Å². The lowest BCUT2D eigenvalue weighted by Gasteiger charge is -2.23. The highest BCUT2D eigenvalue weighted by atomic mass is 16.6. The standard InChI is InChI=1S/C42H38N8O14/c1-17(2)31-23-11-19(5)33(39(53)35(23)25(37(51)41(31)55)15-43-45-27-9-7-21(47(57)58)13-29(27)49(61)62)34-20(6)12-24-32(18(3)4)42(56)38(52)26(36(24)40(34)54)16-44-46-28-10-8-22(48(59)60)14-30(28)50(63)64/h7-18,45-46,51-56H,1-6H3/b43-15+,44-16+. The Morgan fingerprint density at radius 1 is 0.516 bits per heavy atom. The van der Waals surface area contributed by atoms with Crippen LogP contribution in [-0.2, 0) is 0 Å². The zero-order valence-electron chi connectivity index (χ0n) is 34.6. The first-order valence-electron chi connectivity index (χ1n) is 19.0. The number of aromatic hydroxyl groups is 6. The second-order valence-electron chi connectivity index (χ2n) is 15.2. The van der Waals surface area contributed by atoms with Crippen LogP contribution in [0.5, 0.6) is 34.5 Å². The molecule has 6 aromatic rings. The Kier molecular flexibility index (Phi) is 11.8. The lowest BCUT2D eigenvalue weighted by atomic mass is 9.83. The van der Waals surface area contributed by atoms with Crippen LogP contribution in [0.25, 0.3) is 32.7 Å². The Bertz CT molecular complexity index is 2870. The Hall–Kier alpha value is -8.82. The van der Waals surface area contributed by atoms with E-state index in [2.05, 4.69) is 21.1 Å². The molecule has 0 amide bonds. The van der Waals surface area contributed by atoms with E-state index in [4.69, 9.17) is 0 Å². The molecule has 22 nitrogen and oxygen atoms in total. The maximum absolute atomic E-state index is 12.4. The molecule has 64 heavy (non-hydrogen) atoms. The number of rotatable bonds is 13. The third-order valence-electron chi connectivity index (χ3n) is 10.5. The Morgan fingerprint density at radius 3 is 1.16 bits per heavy atom. The number of anilines is 2. The van der Waals surface area contributed by atoms with E-state index in [1.54, 1.807) is 53.7 Å². The number of hydrogen-bond acceptors (Lipinski definition) is 18. The summed E-state index contributed by atoms with van der Waals surface area (Å²) in [6, 6.07) is 8.72. The van der Waals surface area contributed by atoms with E-state index in [0.29, 0.717) is 11.1 Å². The first-order chi connectivity index (χ1) is 30.1. The Labute approximate surface area is 360 Å². The van der Waals surface area contributed by atoms with Crippen molar-refractivity contribution in [1.29, 1.82) is 0 Å². The average Bonchev–Trinajstić information content (AvgIpc) is 3.21. The van der Waals surface area contributed by atoms with Gasteiger partial charge < -0.3 is 30.6 Å². The van der Waals surface area contributed by atoms with Gasteiger partial charge in [-0.05, 0) is 59.7 Å². The fourth-order valence-corrected chi connectivity index (χ4v) is 7.72. The normalized spacial score (nSPS) is 11.7. The second kappa shape index (κ2) is 16.9. The van der Waals surface area contributed by atoms with E-state index >= 15 is 0 Å². The van der Waals surface area contributed by atoms with Crippen LogP contribution < -0.4 is 10.9 Å². The van der Waals surface area contributed by atoms with Crippen LogP contribution in [0, 0.1) is 54.3 Å². The van der Waals surface area contributed by atoms with E-state index in [0.717, 1.165) is 48.8 Å². The van der Waals surface area contributed by atoms with E-state index in [1.807, 2.05) is 0 Å². The van der Waals surface area contributed by atoms with Crippen LogP contribution in [0.3, 0.4) is 0 Å². The first-order valence-corrected chi connectivity index (χ1v) is 19.0. The molecular weight excluding hydrogens is 841 g/mol. The molecule has 0 aliphatic carbocycles.